The van der Waals surface area contributed by atoms with E-state index in [0.29, 0.717) is 6.08 Å². The highest BCUT2D eigenvalue weighted by Crippen LogP contribution is 2.43. The molecule has 1 fully saturated rings. The molecule has 1 atom stereocenters. The molecule has 0 aromatic heterocycles. The second-order valence-electron chi connectivity index (χ2n) is 6.30. The van der Waals surface area contributed by atoms with Gasteiger partial charge < -0.3 is 14.2 Å². The molecular weight excluding hydrogens is 430 g/mol. The zero-order valence-corrected chi connectivity index (χ0v) is 15.2. The lowest BCUT2D eigenvalue weighted by atomic mass is 9.88. The van der Waals surface area contributed by atoms with E-state index in [1.807, 2.05) is 0 Å². The van der Waals surface area contributed by atoms with Gasteiger partial charge >= 0.3 is 30.3 Å². The van der Waals surface area contributed by atoms with Crippen molar-refractivity contribution in [2.45, 2.75) is 38.5 Å². The Hall–Kier alpha value is -2.86. The van der Waals surface area contributed by atoms with Gasteiger partial charge in [-0.1, -0.05) is 0 Å². The number of hydrogen-bond donors (Lipinski definition) is 0. The van der Waals surface area contributed by atoms with Crippen molar-refractivity contribution in [1.82, 2.24) is 0 Å². The fourth-order valence-electron chi connectivity index (χ4n) is 2.51. The van der Waals surface area contributed by atoms with Crippen LogP contribution in [0, 0.1) is 11.8 Å². The summed E-state index contributed by atoms with van der Waals surface area (Å²) in [5, 5.41) is 0. The number of Topliss-reactive ketones (excluding diaryl/α,β-unsaturated/α-hetero) is 1. The van der Waals surface area contributed by atoms with E-state index in [2.05, 4.69) is 14.2 Å². The van der Waals surface area contributed by atoms with Crippen LogP contribution in [0.15, 0.2) is 23.2 Å². The van der Waals surface area contributed by atoms with Gasteiger partial charge in [0.2, 0.25) is 0 Å². The molecule has 0 aromatic carbocycles. The summed E-state index contributed by atoms with van der Waals surface area (Å²) in [5.41, 5.74) is -0.923. The van der Waals surface area contributed by atoms with Crippen LogP contribution in [0.5, 0.6) is 0 Å². The number of ketones is 1. The molecule has 0 heterocycles. The molecule has 13 heteroatoms. The summed E-state index contributed by atoms with van der Waals surface area (Å²) in [6, 6.07) is 0. The summed E-state index contributed by atoms with van der Waals surface area (Å²) >= 11 is 0. The molecular formula is C17H14F6O7. The van der Waals surface area contributed by atoms with Gasteiger partial charge in [-0.2, -0.15) is 26.3 Å². The molecule has 2 rings (SSSR count). The summed E-state index contributed by atoms with van der Waals surface area (Å²) in [5.74, 6) is -11.9. The third-order valence-electron chi connectivity index (χ3n) is 3.94. The quantitative estimate of drug-likeness (QED) is 0.212. The lowest BCUT2D eigenvalue weighted by molar-refractivity contribution is -0.196. The fourth-order valence-corrected chi connectivity index (χ4v) is 2.51. The molecule has 1 saturated carbocycles. The summed E-state index contributed by atoms with van der Waals surface area (Å²) in [6.07, 6.45) is -10.6. The van der Waals surface area contributed by atoms with Gasteiger partial charge in [-0.05, 0) is 25.8 Å². The van der Waals surface area contributed by atoms with Crippen LogP contribution in [0.25, 0.3) is 0 Å². The highest BCUT2D eigenvalue weighted by molar-refractivity contribution is 6.04. The van der Waals surface area contributed by atoms with Crippen LogP contribution in [-0.2, 0) is 33.4 Å². The van der Waals surface area contributed by atoms with Crippen LogP contribution in [0.2, 0.25) is 0 Å². The fraction of sp³-hybridized carbons (Fsp3) is 0.529. The molecule has 0 bridgehead atoms. The van der Waals surface area contributed by atoms with Crippen LogP contribution in [0.1, 0.15) is 26.2 Å². The second kappa shape index (κ2) is 8.48. The molecule has 0 aromatic rings. The number of esters is 3. The van der Waals surface area contributed by atoms with E-state index in [4.69, 9.17) is 0 Å². The number of carbonyl (C=O) groups is 4. The molecule has 2 aliphatic rings. The largest absolute Gasteiger partial charge is 0.491 e. The highest BCUT2D eigenvalue weighted by Gasteiger charge is 2.48. The number of halogens is 6. The standard InChI is InChI=1S/C17H14F6O7/c1-2-28-13(25)8-5-9(24)11(10(6-8)29-14(26)16(18,19)20)12(7-3-4-7)30-15(27)17(21,22)23/h6-8H,2-5H2,1H3/b12-11+. The maximum absolute atomic E-state index is 12.6. The number of alkyl halides is 6. The van der Waals surface area contributed by atoms with Gasteiger partial charge in [0.15, 0.2) is 5.78 Å². The number of allylic oxidation sites excluding steroid dienone is 2. The van der Waals surface area contributed by atoms with Gasteiger partial charge in [0.05, 0.1) is 18.1 Å². The number of rotatable bonds is 5. The average Bonchev–Trinajstić information content (AvgIpc) is 3.43. The van der Waals surface area contributed by atoms with Crippen molar-refractivity contribution in [3.63, 3.8) is 0 Å². The molecule has 2 aliphatic carbocycles. The zero-order chi connectivity index (χ0) is 22.9. The van der Waals surface area contributed by atoms with Crippen LogP contribution >= 0.6 is 0 Å². The van der Waals surface area contributed by atoms with Crippen molar-refractivity contribution in [2.24, 2.45) is 11.8 Å². The maximum Gasteiger partial charge on any atom is 0.491 e. The van der Waals surface area contributed by atoms with Crippen molar-refractivity contribution < 1.29 is 59.7 Å². The summed E-state index contributed by atoms with van der Waals surface area (Å²) in [4.78, 5) is 46.9. The van der Waals surface area contributed by atoms with Gasteiger partial charge in [-0.3, -0.25) is 9.59 Å². The molecule has 0 saturated heterocycles. The lowest BCUT2D eigenvalue weighted by Crippen LogP contribution is -2.32. The van der Waals surface area contributed by atoms with E-state index in [-0.39, 0.29) is 19.4 Å². The first-order valence-electron chi connectivity index (χ1n) is 8.49. The van der Waals surface area contributed by atoms with Gasteiger partial charge in [-0.15, -0.1) is 0 Å². The molecule has 0 amide bonds. The molecule has 0 radical (unpaired) electrons. The number of carbonyl (C=O) groups excluding carboxylic acids is 4. The normalized spacial score (nSPS) is 21.5. The van der Waals surface area contributed by atoms with Crippen LogP contribution in [0.4, 0.5) is 26.3 Å². The van der Waals surface area contributed by atoms with Crippen molar-refractivity contribution >= 4 is 23.7 Å². The predicted molar refractivity (Wildman–Crippen MR) is 81.9 cm³/mol. The highest BCUT2D eigenvalue weighted by atomic mass is 19.4. The van der Waals surface area contributed by atoms with E-state index in [0.717, 1.165) is 0 Å². The Balaban J connectivity index is 2.54. The van der Waals surface area contributed by atoms with E-state index in [9.17, 15) is 45.5 Å². The van der Waals surface area contributed by atoms with Crippen LogP contribution < -0.4 is 0 Å². The van der Waals surface area contributed by atoms with Gasteiger partial charge in [0, 0.05) is 12.3 Å². The Kier molecular flexibility index (Phi) is 6.62. The third kappa shape index (κ3) is 5.60. The smallest absolute Gasteiger partial charge is 0.466 e. The minimum Gasteiger partial charge on any atom is -0.466 e. The Labute approximate surface area is 164 Å². The van der Waals surface area contributed by atoms with E-state index >= 15 is 0 Å². The molecule has 1 unspecified atom stereocenters. The SMILES string of the molecule is CCOC(=O)C1C=C(OC(=O)C(F)(F)F)/C(=C(/OC(=O)C(F)(F)F)C2CC2)C(=O)C1. The molecule has 0 N–H and O–H groups in total. The second-order valence-corrected chi connectivity index (χ2v) is 6.30. The summed E-state index contributed by atoms with van der Waals surface area (Å²) in [7, 11) is 0. The van der Waals surface area contributed by atoms with Crippen molar-refractivity contribution in [3.8, 4) is 0 Å². The van der Waals surface area contributed by atoms with Crippen molar-refractivity contribution in [1.29, 1.82) is 0 Å². The molecule has 166 valence electrons. The Morgan fingerprint density at radius 3 is 2.07 bits per heavy atom. The van der Waals surface area contributed by atoms with E-state index in [1.54, 1.807) is 0 Å². The Morgan fingerprint density at radius 1 is 1.03 bits per heavy atom. The third-order valence-corrected chi connectivity index (χ3v) is 3.94. The lowest BCUT2D eigenvalue weighted by Gasteiger charge is -2.23. The summed E-state index contributed by atoms with van der Waals surface area (Å²) < 4.78 is 88.7. The Morgan fingerprint density at radius 2 is 1.60 bits per heavy atom. The number of hydrogen-bond acceptors (Lipinski definition) is 7. The first kappa shape index (κ1) is 23.4. The van der Waals surface area contributed by atoms with Crippen molar-refractivity contribution in [2.75, 3.05) is 6.61 Å². The first-order chi connectivity index (χ1) is 13.8. The average molecular weight is 444 g/mol. The monoisotopic (exact) mass is 444 g/mol. The van der Waals surface area contributed by atoms with Crippen LogP contribution in [0.3, 0.4) is 0 Å². The molecule has 0 spiro atoms. The zero-order valence-electron chi connectivity index (χ0n) is 15.2. The number of ether oxygens (including phenoxy) is 3. The Bertz CT molecular complexity index is 817. The molecule has 0 aliphatic heterocycles. The van der Waals surface area contributed by atoms with Crippen LogP contribution in [-0.4, -0.2) is 42.7 Å². The molecule has 7 nitrogen and oxygen atoms in total. The molecule has 30 heavy (non-hydrogen) atoms. The maximum atomic E-state index is 12.6. The van der Waals surface area contributed by atoms with E-state index in [1.165, 1.54) is 6.92 Å². The minimum absolute atomic E-state index is 0.131. The first-order valence-corrected chi connectivity index (χ1v) is 8.49. The predicted octanol–water partition coefficient (Wildman–Crippen LogP) is 2.90. The van der Waals surface area contributed by atoms with Gasteiger partial charge in [0.1, 0.15) is 11.5 Å². The van der Waals surface area contributed by atoms with Gasteiger partial charge in [0.25, 0.3) is 0 Å². The van der Waals surface area contributed by atoms with E-state index < -0.39 is 71.4 Å². The van der Waals surface area contributed by atoms with Gasteiger partial charge in [-0.25, -0.2) is 9.59 Å². The minimum atomic E-state index is -5.51. The topological polar surface area (TPSA) is 96.0 Å². The van der Waals surface area contributed by atoms with Crippen molar-refractivity contribution in [3.05, 3.63) is 23.2 Å². The summed E-state index contributed by atoms with van der Waals surface area (Å²) in [6.45, 7) is 1.29.